The van der Waals surface area contributed by atoms with Crippen molar-refractivity contribution in [2.24, 2.45) is 5.10 Å². The lowest BCUT2D eigenvalue weighted by molar-refractivity contribution is -0.143. The van der Waals surface area contributed by atoms with Crippen molar-refractivity contribution in [1.82, 2.24) is 5.43 Å². The molecule has 0 saturated carbocycles. The van der Waals surface area contributed by atoms with Crippen molar-refractivity contribution in [3.05, 3.63) is 35.9 Å². The summed E-state index contributed by atoms with van der Waals surface area (Å²) in [5.74, 6) is -0.204. The van der Waals surface area contributed by atoms with Crippen LogP contribution in [0.3, 0.4) is 0 Å². The second-order valence-corrected chi connectivity index (χ2v) is 5.70. The monoisotopic (exact) mass is 264 g/mol. The van der Waals surface area contributed by atoms with Gasteiger partial charge >= 0.3 is 5.97 Å². The number of esters is 1. The normalized spacial score (nSPS) is 22.2. The number of hydrogen-bond acceptors (Lipinski definition) is 5. The molecule has 5 heteroatoms. The Hall–Kier alpha value is -1.49. The number of nitrogens with one attached hydrogen (secondary N) is 1. The zero-order chi connectivity index (χ0) is 13.0. The topological polar surface area (TPSA) is 50.7 Å². The van der Waals surface area contributed by atoms with E-state index in [2.05, 4.69) is 10.5 Å². The zero-order valence-corrected chi connectivity index (χ0v) is 11.3. The van der Waals surface area contributed by atoms with Crippen LogP contribution < -0.4 is 5.43 Å². The average molecular weight is 264 g/mol. The van der Waals surface area contributed by atoms with Crippen molar-refractivity contribution in [3.63, 3.8) is 0 Å². The van der Waals surface area contributed by atoms with Gasteiger partial charge in [0.2, 0.25) is 0 Å². The van der Waals surface area contributed by atoms with Crippen LogP contribution in [0.5, 0.6) is 0 Å². The van der Waals surface area contributed by atoms with Crippen molar-refractivity contribution in [3.8, 4) is 0 Å². The molecule has 1 N–H and O–H groups in total. The minimum absolute atomic E-state index is 0.204. The third-order valence-electron chi connectivity index (χ3n) is 2.52. The van der Waals surface area contributed by atoms with Crippen molar-refractivity contribution in [1.29, 1.82) is 0 Å². The van der Waals surface area contributed by atoms with Crippen LogP contribution in [0.2, 0.25) is 0 Å². The lowest BCUT2D eigenvalue weighted by Gasteiger charge is -2.21. The quantitative estimate of drug-likeness (QED) is 0.848. The van der Waals surface area contributed by atoms with Crippen molar-refractivity contribution in [2.75, 3.05) is 6.61 Å². The summed E-state index contributed by atoms with van der Waals surface area (Å²) in [6.07, 6.45) is 0.297. The van der Waals surface area contributed by atoms with Gasteiger partial charge in [0.15, 0.2) is 0 Å². The molecule has 1 heterocycles. The van der Waals surface area contributed by atoms with E-state index in [1.807, 2.05) is 37.3 Å². The van der Waals surface area contributed by atoms with E-state index in [0.29, 0.717) is 13.0 Å². The standard InChI is InChI=1S/C13H16N2O2S/c1-3-17-11(16)9-13(2)15-14-12(18-13)10-7-5-4-6-8-10/h4-8,15H,3,9H2,1-2H3/t13-/m1/s1. The Morgan fingerprint density at radius 1 is 1.44 bits per heavy atom. The predicted octanol–water partition coefficient (Wildman–Crippen LogP) is 2.35. The number of hydrazone groups is 1. The molecule has 1 aliphatic rings. The van der Waals surface area contributed by atoms with Crippen molar-refractivity contribution >= 4 is 22.8 Å². The summed E-state index contributed by atoms with van der Waals surface area (Å²) in [5, 5.41) is 5.20. The Balaban J connectivity index is 2.00. The van der Waals surface area contributed by atoms with Gasteiger partial charge in [0.05, 0.1) is 13.0 Å². The molecule has 18 heavy (non-hydrogen) atoms. The molecular weight excluding hydrogens is 248 g/mol. The van der Waals surface area contributed by atoms with Crippen LogP contribution in [-0.2, 0) is 9.53 Å². The van der Waals surface area contributed by atoms with Gasteiger partial charge in [0.1, 0.15) is 9.91 Å². The maximum Gasteiger partial charge on any atom is 0.309 e. The van der Waals surface area contributed by atoms with Crippen molar-refractivity contribution < 1.29 is 9.53 Å². The minimum atomic E-state index is -0.419. The van der Waals surface area contributed by atoms with E-state index in [-0.39, 0.29) is 5.97 Å². The molecule has 1 aromatic carbocycles. The van der Waals surface area contributed by atoms with Crippen LogP contribution in [-0.4, -0.2) is 22.5 Å². The van der Waals surface area contributed by atoms with Crippen LogP contribution in [0.4, 0.5) is 0 Å². The molecule has 0 unspecified atom stereocenters. The van der Waals surface area contributed by atoms with Gasteiger partial charge in [-0.05, 0) is 13.8 Å². The molecule has 4 nitrogen and oxygen atoms in total. The summed E-state index contributed by atoms with van der Waals surface area (Å²) in [7, 11) is 0. The Kier molecular flexibility index (Phi) is 3.91. The second kappa shape index (κ2) is 5.44. The highest BCUT2D eigenvalue weighted by atomic mass is 32.2. The third-order valence-corrected chi connectivity index (χ3v) is 3.73. The molecule has 0 aromatic heterocycles. The van der Waals surface area contributed by atoms with Gasteiger partial charge in [-0.15, -0.1) is 0 Å². The Morgan fingerprint density at radius 3 is 2.83 bits per heavy atom. The maximum atomic E-state index is 11.5. The Morgan fingerprint density at radius 2 is 2.17 bits per heavy atom. The SMILES string of the molecule is CCOC(=O)C[C@]1(C)NN=C(c2ccccc2)S1. The number of thioether (sulfide) groups is 1. The summed E-state index contributed by atoms with van der Waals surface area (Å²) in [5.41, 5.74) is 4.08. The number of nitrogens with zero attached hydrogens (tertiary/aromatic N) is 1. The van der Waals surface area contributed by atoms with Gasteiger partial charge < -0.3 is 4.74 Å². The van der Waals surface area contributed by atoms with Gasteiger partial charge in [-0.1, -0.05) is 42.1 Å². The van der Waals surface area contributed by atoms with Crippen LogP contribution in [0, 0.1) is 0 Å². The summed E-state index contributed by atoms with van der Waals surface area (Å²) in [6.45, 7) is 4.17. The molecule has 1 aromatic rings. The molecular formula is C13H16N2O2S. The summed E-state index contributed by atoms with van der Waals surface area (Å²) >= 11 is 1.56. The van der Waals surface area contributed by atoms with Crippen LogP contribution in [0.25, 0.3) is 0 Å². The number of ether oxygens (including phenoxy) is 1. The first-order chi connectivity index (χ1) is 8.63. The van der Waals surface area contributed by atoms with Crippen LogP contribution in [0.1, 0.15) is 25.8 Å². The summed E-state index contributed by atoms with van der Waals surface area (Å²) in [4.78, 5) is 11.1. The van der Waals surface area contributed by atoms with Crippen LogP contribution in [0.15, 0.2) is 35.4 Å². The van der Waals surface area contributed by atoms with Crippen LogP contribution >= 0.6 is 11.8 Å². The van der Waals surface area contributed by atoms with E-state index in [0.717, 1.165) is 10.6 Å². The number of carbonyl (C=O) groups excluding carboxylic acids is 1. The molecule has 1 atom stereocenters. The lowest BCUT2D eigenvalue weighted by Crippen LogP contribution is -2.35. The van der Waals surface area contributed by atoms with E-state index in [9.17, 15) is 4.79 Å². The molecule has 1 aliphatic heterocycles. The molecule has 0 aliphatic carbocycles. The van der Waals surface area contributed by atoms with Gasteiger partial charge in [0, 0.05) is 5.56 Å². The Labute approximate surface area is 111 Å². The molecule has 0 radical (unpaired) electrons. The minimum Gasteiger partial charge on any atom is -0.466 e. The zero-order valence-electron chi connectivity index (χ0n) is 10.5. The van der Waals surface area contributed by atoms with Gasteiger partial charge in [0.25, 0.3) is 0 Å². The van der Waals surface area contributed by atoms with Gasteiger partial charge in [-0.25, -0.2) is 0 Å². The van der Waals surface area contributed by atoms with Gasteiger partial charge in [-0.3, -0.25) is 10.2 Å². The molecule has 2 rings (SSSR count). The smallest absolute Gasteiger partial charge is 0.309 e. The molecule has 0 saturated heterocycles. The van der Waals surface area contributed by atoms with E-state index < -0.39 is 4.87 Å². The molecule has 96 valence electrons. The predicted molar refractivity (Wildman–Crippen MR) is 73.4 cm³/mol. The highest BCUT2D eigenvalue weighted by Gasteiger charge is 2.35. The van der Waals surface area contributed by atoms with Crippen molar-refractivity contribution in [2.45, 2.75) is 25.1 Å². The number of hydrogen-bond donors (Lipinski definition) is 1. The van der Waals surface area contributed by atoms with E-state index in [1.54, 1.807) is 18.7 Å². The summed E-state index contributed by atoms with van der Waals surface area (Å²) < 4.78 is 4.97. The maximum absolute atomic E-state index is 11.5. The van der Waals surface area contributed by atoms with E-state index in [4.69, 9.17) is 4.74 Å². The summed E-state index contributed by atoms with van der Waals surface area (Å²) in [6, 6.07) is 9.92. The largest absolute Gasteiger partial charge is 0.466 e. The first-order valence-corrected chi connectivity index (χ1v) is 6.69. The third kappa shape index (κ3) is 3.04. The van der Waals surface area contributed by atoms with Gasteiger partial charge in [-0.2, -0.15) is 5.10 Å². The molecule has 0 amide bonds. The van der Waals surface area contributed by atoms with E-state index in [1.165, 1.54) is 0 Å². The molecule has 0 fully saturated rings. The Bertz CT molecular complexity index is 461. The highest BCUT2D eigenvalue weighted by Crippen LogP contribution is 2.34. The first kappa shape index (κ1) is 13.0. The van der Waals surface area contributed by atoms with E-state index >= 15 is 0 Å². The number of carbonyl (C=O) groups is 1. The fourth-order valence-corrected chi connectivity index (χ4v) is 2.75. The average Bonchev–Trinajstić information content (AvgIpc) is 2.73. The first-order valence-electron chi connectivity index (χ1n) is 5.88. The molecule has 0 bridgehead atoms. The highest BCUT2D eigenvalue weighted by molar-refractivity contribution is 8.15. The lowest BCUT2D eigenvalue weighted by atomic mass is 10.2. The molecule has 0 spiro atoms. The fraction of sp³-hybridized carbons (Fsp3) is 0.385. The second-order valence-electron chi connectivity index (χ2n) is 4.21. The fourth-order valence-electron chi connectivity index (χ4n) is 1.70. The number of benzene rings is 1. The number of rotatable bonds is 4.